The van der Waals surface area contributed by atoms with Gasteiger partial charge in [0, 0.05) is 17.5 Å². The third-order valence-corrected chi connectivity index (χ3v) is 7.32. The molecule has 3 aliphatic rings. The number of hydrogen-bond donors (Lipinski definition) is 1. The molecule has 4 nitrogen and oxygen atoms in total. The predicted molar refractivity (Wildman–Crippen MR) is 90.4 cm³/mol. The molecule has 138 valence electrons. The van der Waals surface area contributed by atoms with E-state index >= 15 is 0 Å². The molecular formula is C17H20ClF2NO3S. The molecule has 0 spiro atoms. The number of fused-ring (bicyclic) bond motifs is 3. The Morgan fingerprint density at radius 2 is 2.00 bits per heavy atom. The zero-order valence-corrected chi connectivity index (χ0v) is 15.2. The Hall–Kier alpha value is -0.920. The first-order valence-corrected chi connectivity index (χ1v) is 10.7. The van der Waals surface area contributed by atoms with Gasteiger partial charge in [-0.05, 0) is 50.0 Å². The minimum atomic E-state index is -3.28. The van der Waals surface area contributed by atoms with Crippen LogP contribution in [0.1, 0.15) is 43.6 Å². The van der Waals surface area contributed by atoms with Crippen LogP contribution in [-0.2, 0) is 10.0 Å². The summed E-state index contributed by atoms with van der Waals surface area (Å²) in [6.07, 6.45) is 3.72. The van der Waals surface area contributed by atoms with E-state index in [1.54, 1.807) is 0 Å². The summed E-state index contributed by atoms with van der Waals surface area (Å²) < 4.78 is 61.0. The van der Waals surface area contributed by atoms with Gasteiger partial charge in [-0.25, -0.2) is 21.9 Å². The summed E-state index contributed by atoms with van der Waals surface area (Å²) >= 11 is 5.79. The average Bonchev–Trinajstić information content (AvgIpc) is 3.34. The summed E-state index contributed by atoms with van der Waals surface area (Å²) in [6.45, 7) is 0.280. The van der Waals surface area contributed by atoms with Crippen LogP contribution in [0.25, 0.3) is 0 Å². The molecule has 1 heterocycles. The van der Waals surface area contributed by atoms with Crippen molar-refractivity contribution in [1.82, 2.24) is 4.72 Å². The number of hydrogen-bond acceptors (Lipinski definition) is 3. The van der Waals surface area contributed by atoms with Crippen molar-refractivity contribution in [2.24, 2.45) is 11.8 Å². The van der Waals surface area contributed by atoms with Crippen molar-refractivity contribution in [2.75, 3.05) is 12.4 Å². The Kier molecular flexibility index (Phi) is 4.45. The highest BCUT2D eigenvalue weighted by atomic mass is 35.5. The Labute approximate surface area is 150 Å². The van der Waals surface area contributed by atoms with Gasteiger partial charge >= 0.3 is 0 Å². The van der Waals surface area contributed by atoms with Gasteiger partial charge in [0.15, 0.2) is 11.6 Å². The molecule has 1 aliphatic heterocycles. The highest BCUT2D eigenvalue weighted by Crippen LogP contribution is 2.49. The standard InChI is InChI=1S/C17H20ClF2NO3S/c18-13-6-14(19)17-15(16(13)20)12-4-1-9(5-10(12)7-24-17)8-25(22,23)21-11-2-3-11/h6,9-12,21H,1-5,7-8H2/t9-,10-,12?/m1/s1. The number of benzene rings is 1. The fourth-order valence-electron chi connectivity index (χ4n) is 4.16. The first kappa shape index (κ1) is 17.5. The molecule has 0 aromatic heterocycles. The third kappa shape index (κ3) is 3.51. The van der Waals surface area contributed by atoms with Crippen LogP contribution >= 0.6 is 11.6 Å². The predicted octanol–water partition coefficient (Wildman–Crippen LogP) is 3.59. The minimum absolute atomic E-state index is 0.00902. The SMILES string of the molecule is O=S(=O)(C[C@@H]1CCC2c3c(F)c(Cl)cc(F)c3OC[C@H]2C1)NC1CC1. The van der Waals surface area contributed by atoms with E-state index in [0.29, 0.717) is 19.3 Å². The van der Waals surface area contributed by atoms with E-state index in [1.807, 2.05) is 0 Å². The summed E-state index contributed by atoms with van der Waals surface area (Å²) in [5.74, 6) is -1.39. The minimum Gasteiger partial charge on any atom is -0.490 e. The van der Waals surface area contributed by atoms with Gasteiger partial charge in [-0.15, -0.1) is 0 Å². The van der Waals surface area contributed by atoms with Crippen LogP contribution in [0.5, 0.6) is 5.75 Å². The Bertz CT molecular complexity index is 798. The van der Waals surface area contributed by atoms with E-state index < -0.39 is 21.7 Å². The van der Waals surface area contributed by atoms with Crippen molar-refractivity contribution in [3.05, 3.63) is 28.3 Å². The maximum atomic E-state index is 14.5. The van der Waals surface area contributed by atoms with Crippen molar-refractivity contribution in [2.45, 2.75) is 44.1 Å². The molecule has 3 atom stereocenters. The zero-order valence-electron chi connectivity index (χ0n) is 13.6. The molecule has 25 heavy (non-hydrogen) atoms. The molecular weight excluding hydrogens is 372 g/mol. The second kappa shape index (κ2) is 6.35. The lowest BCUT2D eigenvalue weighted by atomic mass is 9.70. The van der Waals surface area contributed by atoms with E-state index in [0.717, 1.165) is 18.9 Å². The molecule has 2 saturated carbocycles. The third-order valence-electron chi connectivity index (χ3n) is 5.44. The lowest BCUT2D eigenvalue weighted by Crippen LogP contribution is -2.37. The molecule has 0 bridgehead atoms. The highest BCUT2D eigenvalue weighted by molar-refractivity contribution is 7.89. The molecule has 1 unspecified atom stereocenters. The average molecular weight is 392 g/mol. The Balaban J connectivity index is 1.51. The van der Waals surface area contributed by atoms with Gasteiger partial charge in [-0.3, -0.25) is 0 Å². The summed E-state index contributed by atoms with van der Waals surface area (Å²) in [4.78, 5) is 0. The van der Waals surface area contributed by atoms with E-state index in [-0.39, 0.29) is 52.5 Å². The van der Waals surface area contributed by atoms with Gasteiger partial charge in [0.1, 0.15) is 5.82 Å². The Morgan fingerprint density at radius 3 is 2.72 bits per heavy atom. The largest absolute Gasteiger partial charge is 0.490 e. The molecule has 1 aromatic carbocycles. The number of nitrogens with one attached hydrogen (secondary N) is 1. The van der Waals surface area contributed by atoms with Gasteiger partial charge in [0.25, 0.3) is 0 Å². The van der Waals surface area contributed by atoms with E-state index in [2.05, 4.69) is 4.72 Å². The van der Waals surface area contributed by atoms with Crippen molar-refractivity contribution in [3.8, 4) is 5.75 Å². The summed E-state index contributed by atoms with van der Waals surface area (Å²) in [7, 11) is -3.28. The molecule has 0 amide bonds. The molecule has 1 N–H and O–H groups in total. The summed E-state index contributed by atoms with van der Waals surface area (Å²) in [5.41, 5.74) is 0.221. The van der Waals surface area contributed by atoms with Crippen LogP contribution in [0.3, 0.4) is 0 Å². The molecule has 2 aliphatic carbocycles. The maximum Gasteiger partial charge on any atom is 0.212 e. The smallest absolute Gasteiger partial charge is 0.212 e. The Morgan fingerprint density at radius 1 is 1.24 bits per heavy atom. The van der Waals surface area contributed by atoms with E-state index in [4.69, 9.17) is 16.3 Å². The van der Waals surface area contributed by atoms with Gasteiger partial charge in [0.2, 0.25) is 10.0 Å². The van der Waals surface area contributed by atoms with Gasteiger partial charge in [-0.2, -0.15) is 0 Å². The topological polar surface area (TPSA) is 55.4 Å². The lowest BCUT2D eigenvalue weighted by molar-refractivity contribution is 0.126. The summed E-state index contributed by atoms with van der Waals surface area (Å²) in [6, 6.07) is 1.04. The second-order valence-corrected chi connectivity index (χ2v) is 9.63. The zero-order chi connectivity index (χ0) is 17.8. The second-order valence-electron chi connectivity index (χ2n) is 7.43. The molecule has 0 radical (unpaired) electrons. The summed E-state index contributed by atoms with van der Waals surface area (Å²) in [5, 5.41) is -0.237. The first-order chi connectivity index (χ1) is 11.8. The van der Waals surface area contributed by atoms with Crippen LogP contribution in [0.4, 0.5) is 8.78 Å². The normalized spacial score (nSPS) is 28.8. The molecule has 1 aromatic rings. The van der Waals surface area contributed by atoms with Crippen molar-refractivity contribution in [3.63, 3.8) is 0 Å². The first-order valence-electron chi connectivity index (χ1n) is 8.64. The van der Waals surface area contributed by atoms with Crippen LogP contribution in [0.15, 0.2) is 6.07 Å². The van der Waals surface area contributed by atoms with Crippen molar-refractivity contribution < 1.29 is 21.9 Å². The quantitative estimate of drug-likeness (QED) is 0.798. The molecule has 4 rings (SSSR count). The van der Waals surface area contributed by atoms with Gasteiger partial charge in [0.05, 0.1) is 17.4 Å². The number of sulfonamides is 1. The monoisotopic (exact) mass is 391 g/mol. The van der Waals surface area contributed by atoms with Gasteiger partial charge < -0.3 is 4.74 Å². The highest BCUT2D eigenvalue weighted by Gasteiger charge is 2.41. The van der Waals surface area contributed by atoms with Crippen LogP contribution in [0.2, 0.25) is 5.02 Å². The fraction of sp³-hybridized carbons (Fsp3) is 0.647. The molecule has 0 saturated heterocycles. The number of ether oxygens (including phenoxy) is 1. The van der Waals surface area contributed by atoms with Crippen LogP contribution in [-0.4, -0.2) is 26.8 Å². The maximum absolute atomic E-state index is 14.5. The lowest BCUT2D eigenvalue weighted by Gasteiger charge is -2.40. The molecule has 8 heteroatoms. The fourth-order valence-corrected chi connectivity index (χ4v) is 6.12. The van der Waals surface area contributed by atoms with Crippen molar-refractivity contribution >= 4 is 21.6 Å². The van der Waals surface area contributed by atoms with Gasteiger partial charge in [-0.1, -0.05) is 11.6 Å². The van der Waals surface area contributed by atoms with Crippen LogP contribution in [0, 0.1) is 23.5 Å². The molecule has 2 fully saturated rings. The van der Waals surface area contributed by atoms with Crippen LogP contribution < -0.4 is 9.46 Å². The van der Waals surface area contributed by atoms with Crippen molar-refractivity contribution in [1.29, 1.82) is 0 Å². The van der Waals surface area contributed by atoms with E-state index in [9.17, 15) is 17.2 Å². The van der Waals surface area contributed by atoms with E-state index in [1.165, 1.54) is 0 Å². The number of halogens is 3. The number of rotatable bonds is 4.